The molecule has 0 aliphatic heterocycles. The predicted molar refractivity (Wildman–Crippen MR) is 114 cm³/mol. The van der Waals surface area contributed by atoms with Crippen LogP contribution < -0.4 is 29.7 Å². The van der Waals surface area contributed by atoms with Gasteiger partial charge in [-0.25, -0.2) is 0 Å². The Balaban J connectivity index is 2.42. The highest BCUT2D eigenvalue weighted by Gasteiger charge is 2.29. The number of carbonyl (C=O) groups excluding carboxylic acids is 1. The Morgan fingerprint density at radius 2 is 1.80 bits per heavy atom. The Hall–Kier alpha value is -3.22. The molecular formula is C23H27NO6. The van der Waals surface area contributed by atoms with E-state index in [-0.39, 0.29) is 23.1 Å². The molecule has 0 bridgehead atoms. The molecule has 2 aromatic carbocycles. The van der Waals surface area contributed by atoms with Crippen LogP contribution in [0.2, 0.25) is 0 Å². The highest BCUT2D eigenvalue weighted by molar-refractivity contribution is 5.83. The van der Waals surface area contributed by atoms with Crippen LogP contribution in [0, 0.1) is 0 Å². The number of ether oxygens (including phenoxy) is 4. The zero-order chi connectivity index (χ0) is 21.8. The van der Waals surface area contributed by atoms with E-state index in [4.69, 9.17) is 18.9 Å². The first kappa shape index (κ1) is 21.5. The molecule has 3 rings (SSSR count). The molecule has 0 unspecified atom stereocenters. The summed E-state index contributed by atoms with van der Waals surface area (Å²) in [6.07, 6.45) is 1.27. The van der Waals surface area contributed by atoms with Crippen molar-refractivity contribution in [2.45, 2.75) is 32.7 Å². The number of benzene rings is 1. The van der Waals surface area contributed by atoms with E-state index in [1.807, 2.05) is 19.1 Å². The number of amides is 1. The Morgan fingerprint density at radius 3 is 2.40 bits per heavy atom. The lowest BCUT2D eigenvalue weighted by Crippen LogP contribution is -2.26. The first-order valence-corrected chi connectivity index (χ1v) is 9.85. The van der Waals surface area contributed by atoms with Crippen LogP contribution in [0.25, 0.3) is 11.1 Å². The minimum atomic E-state index is -0.332. The van der Waals surface area contributed by atoms with E-state index in [0.29, 0.717) is 42.3 Å². The molecule has 1 atom stereocenters. The first-order valence-electron chi connectivity index (χ1n) is 9.85. The maximum atomic E-state index is 12.7. The number of aryl methyl sites for hydroxylation is 1. The van der Waals surface area contributed by atoms with Gasteiger partial charge in [0.2, 0.25) is 17.1 Å². The summed E-state index contributed by atoms with van der Waals surface area (Å²) in [6.45, 7) is 3.79. The third-order valence-corrected chi connectivity index (χ3v) is 5.18. The molecule has 1 aliphatic rings. The molecule has 1 aliphatic carbocycles. The fraction of sp³-hybridized carbons (Fsp3) is 0.391. The number of nitrogens with one attached hydrogen (secondary N) is 1. The van der Waals surface area contributed by atoms with Crippen LogP contribution in [0.4, 0.5) is 0 Å². The van der Waals surface area contributed by atoms with Crippen LogP contribution in [0.15, 0.2) is 29.1 Å². The molecule has 7 nitrogen and oxygen atoms in total. The Bertz CT molecular complexity index is 1020. The lowest BCUT2D eigenvalue weighted by atomic mass is 9.95. The minimum Gasteiger partial charge on any atom is -0.493 e. The van der Waals surface area contributed by atoms with E-state index < -0.39 is 0 Å². The number of fused-ring (bicyclic) bond motifs is 3. The van der Waals surface area contributed by atoms with Gasteiger partial charge in [0.1, 0.15) is 0 Å². The van der Waals surface area contributed by atoms with Gasteiger partial charge in [-0.1, -0.05) is 6.07 Å². The second kappa shape index (κ2) is 9.07. The van der Waals surface area contributed by atoms with E-state index in [1.165, 1.54) is 20.1 Å². The normalized spacial score (nSPS) is 14.6. The second-order valence-electron chi connectivity index (χ2n) is 6.98. The van der Waals surface area contributed by atoms with Crippen LogP contribution >= 0.6 is 0 Å². The molecule has 0 saturated heterocycles. The fourth-order valence-corrected chi connectivity index (χ4v) is 3.95. The third kappa shape index (κ3) is 3.92. The van der Waals surface area contributed by atoms with Gasteiger partial charge >= 0.3 is 0 Å². The molecule has 0 fully saturated rings. The molecule has 1 amide bonds. The fourth-order valence-electron chi connectivity index (χ4n) is 3.95. The molecule has 0 spiro atoms. The van der Waals surface area contributed by atoms with E-state index in [2.05, 4.69) is 5.32 Å². The zero-order valence-electron chi connectivity index (χ0n) is 18.0. The van der Waals surface area contributed by atoms with Crippen LogP contribution in [-0.4, -0.2) is 33.8 Å². The summed E-state index contributed by atoms with van der Waals surface area (Å²) >= 11 is 0. The summed E-state index contributed by atoms with van der Waals surface area (Å²) in [5.74, 6) is 1.67. The minimum absolute atomic E-state index is 0.164. The summed E-state index contributed by atoms with van der Waals surface area (Å²) in [5, 5.41) is 2.98. The van der Waals surface area contributed by atoms with E-state index in [9.17, 15) is 9.59 Å². The number of rotatable bonds is 6. The molecule has 2 aromatic rings. The maximum Gasteiger partial charge on any atom is 0.220 e. The number of hydrogen-bond donors (Lipinski definition) is 1. The zero-order valence-corrected chi connectivity index (χ0v) is 18.0. The lowest BCUT2D eigenvalue weighted by molar-refractivity contribution is -0.119. The van der Waals surface area contributed by atoms with Crippen molar-refractivity contribution in [3.63, 3.8) is 0 Å². The Morgan fingerprint density at radius 1 is 1.07 bits per heavy atom. The monoisotopic (exact) mass is 413 g/mol. The number of methoxy groups -OCH3 is 3. The van der Waals surface area contributed by atoms with Crippen molar-refractivity contribution in [3.05, 3.63) is 45.6 Å². The summed E-state index contributed by atoms with van der Waals surface area (Å²) in [6, 6.07) is 6.62. The van der Waals surface area contributed by atoms with Gasteiger partial charge in [0, 0.05) is 12.5 Å². The van der Waals surface area contributed by atoms with E-state index >= 15 is 0 Å². The molecule has 0 aromatic heterocycles. The van der Waals surface area contributed by atoms with Gasteiger partial charge in [-0.2, -0.15) is 0 Å². The highest BCUT2D eigenvalue weighted by Crippen LogP contribution is 2.50. The summed E-state index contributed by atoms with van der Waals surface area (Å²) in [7, 11) is 4.61. The van der Waals surface area contributed by atoms with Crippen molar-refractivity contribution < 1.29 is 23.7 Å². The van der Waals surface area contributed by atoms with Crippen LogP contribution in [-0.2, 0) is 11.2 Å². The van der Waals surface area contributed by atoms with Crippen molar-refractivity contribution in [1.82, 2.24) is 5.32 Å². The molecule has 1 N–H and O–H groups in total. The summed E-state index contributed by atoms with van der Waals surface area (Å²) in [5.41, 5.74) is 3.06. The quantitative estimate of drug-likeness (QED) is 0.783. The van der Waals surface area contributed by atoms with Gasteiger partial charge in [-0.3, -0.25) is 9.59 Å². The lowest BCUT2D eigenvalue weighted by Gasteiger charge is -2.20. The van der Waals surface area contributed by atoms with Gasteiger partial charge < -0.3 is 24.3 Å². The topological polar surface area (TPSA) is 83.1 Å². The summed E-state index contributed by atoms with van der Waals surface area (Å²) < 4.78 is 22.4. The average Bonchev–Trinajstić information content (AvgIpc) is 2.96. The van der Waals surface area contributed by atoms with Gasteiger partial charge in [0.05, 0.1) is 34.0 Å². The molecular weight excluding hydrogens is 386 g/mol. The van der Waals surface area contributed by atoms with E-state index in [0.717, 1.165) is 16.7 Å². The second-order valence-corrected chi connectivity index (χ2v) is 6.98. The number of carbonyl (C=O) groups is 1. The molecule has 0 heterocycles. The van der Waals surface area contributed by atoms with Gasteiger partial charge in [0.25, 0.3) is 0 Å². The van der Waals surface area contributed by atoms with Gasteiger partial charge in [-0.15, -0.1) is 0 Å². The highest BCUT2D eigenvalue weighted by atomic mass is 16.5. The number of hydrogen-bond acceptors (Lipinski definition) is 6. The molecule has 0 radical (unpaired) electrons. The van der Waals surface area contributed by atoms with Crippen molar-refractivity contribution in [2.24, 2.45) is 0 Å². The molecule has 160 valence electrons. The Kier molecular flexibility index (Phi) is 6.50. The predicted octanol–water partition coefficient (Wildman–Crippen LogP) is 3.26. The van der Waals surface area contributed by atoms with Crippen LogP contribution in [0.5, 0.6) is 23.0 Å². The third-order valence-electron chi connectivity index (χ3n) is 5.18. The van der Waals surface area contributed by atoms with Crippen molar-refractivity contribution in [2.75, 3.05) is 27.9 Å². The maximum absolute atomic E-state index is 12.7. The average molecular weight is 413 g/mol. The summed E-state index contributed by atoms with van der Waals surface area (Å²) in [4.78, 5) is 24.6. The van der Waals surface area contributed by atoms with E-state index in [1.54, 1.807) is 20.3 Å². The largest absolute Gasteiger partial charge is 0.493 e. The Labute approximate surface area is 175 Å². The smallest absolute Gasteiger partial charge is 0.220 e. The van der Waals surface area contributed by atoms with Crippen LogP contribution in [0.1, 0.15) is 37.4 Å². The first-order chi connectivity index (χ1) is 14.4. The molecule has 0 saturated carbocycles. The molecule has 30 heavy (non-hydrogen) atoms. The van der Waals surface area contributed by atoms with Crippen molar-refractivity contribution >= 4 is 5.91 Å². The van der Waals surface area contributed by atoms with Crippen molar-refractivity contribution in [3.8, 4) is 34.1 Å². The van der Waals surface area contributed by atoms with Gasteiger partial charge in [-0.05, 0) is 54.7 Å². The molecule has 7 heteroatoms. The SMILES string of the molecule is CCOc1c(OC)c(OC)cc2c1-c1ccc(OC)c(=O)cc1[C@@H](NC(C)=O)CC2. The van der Waals surface area contributed by atoms with Crippen LogP contribution in [0.3, 0.4) is 0 Å². The standard InChI is InChI=1S/C23H27NO6/c1-6-30-23-21-14(11-20(28-4)22(23)29-5)7-9-17(24-13(2)25)16-12-18(26)19(27-3)10-8-15(16)21/h8,10-12,17H,6-7,9H2,1-5H3,(H,24,25)/t17-/m0/s1. The van der Waals surface area contributed by atoms with Gasteiger partial charge in [0.15, 0.2) is 17.2 Å². The van der Waals surface area contributed by atoms with Crippen molar-refractivity contribution in [1.29, 1.82) is 0 Å².